The molecule has 0 atom stereocenters. The third-order valence-electron chi connectivity index (χ3n) is 3.22. The van der Waals surface area contributed by atoms with Gasteiger partial charge in [-0.15, -0.1) is 0 Å². The molecule has 0 aliphatic rings. The lowest BCUT2D eigenvalue weighted by atomic mass is 10.1. The van der Waals surface area contributed by atoms with Crippen LogP contribution < -0.4 is 0 Å². The maximum Gasteiger partial charge on any atom is 0.124 e. The lowest BCUT2D eigenvalue weighted by Crippen LogP contribution is -1.98. The molecular formula is C16H14N2O. The Morgan fingerprint density at radius 1 is 1.00 bits per heavy atom. The van der Waals surface area contributed by atoms with E-state index in [1.807, 2.05) is 36.7 Å². The van der Waals surface area contributed by atoms with Gasteiger partial charge in [0.1, 0.15) is 6.29 Å². The van der Waals surface area contributed by atoms with Gasteiger partial charge >= 0.3 is 0 Å². The van der Waals surface area contributed by atoms with E-state index in [2.05, 4.69) is 27.8 Å². The van der Waals surface area contributed by atoms with E-state index in [1.165, 1.54) is 5.56 Å². The van der Waals surface area contributed by atoms with E-state index in [1.54, 1.807) is 0 Å². The number of hydrogen-bond acceptors (Lipinski definition) is 2. The zero-order chi connectivity index (χ0) is 13.1. The highest BCUT2D eigenvalue weighted by molar-refractivity contribution is 5.75. The maximum absolute atomic E-state index is 10.4. The average molecular weight is 250 g/mol. The first-order valence-electron chi connectivity index (χ1n) is 6.28. The van der Waals surface area contributed by atoms with Crippen LogP contribution in [0.5, 0.6) is 0 Å². The highest BCUT2D eigenvalue weighted by Gasteiger charge is 2.02. The van der Waals surface area contributed by atoms with Crippen LogP contribution in [0.3, 0.4) is 0 Å². The summed E-state index contributed by atoms with van der Waals surface area (Å²) in [6.07, 6.45) is 3.27. The second kappa shape index (κ2) is 5.06. The summed E-state index contributed by atoms with van der Waals surface area (Å²) in [5, 5.41) is 0. The molecule has 3 rings (SSSR count). The van der Waals surface area contributed by atoms with Gasteiger partial charge in [-0.2, -0.15) is 0 Å². The number of hydrogen-bond donors (Lipinski definition) is 0. The van der Waals surface area contributed by atoms with E-state index in [0.717, 1.165) is 29.4 Å². The molecule has 3 nitrogen and oxygen atoms in total. The van der Waals surface area contributed by atoms with Crippen LogP contribution >= 0.6 is 0 Å². The molecule has 0 aliphatic carbocycles. The van der Waals surface area contributed by atoms with Crippen molar-refractivity contribution in [1.82, 2.24) is 9.55 Å². The molecule has 0 fully saturated rings. The Kier molecular flexibility index (Phi) is 3.11. The van der Waals surface area contributed by atoms with Gasteiger partial charge in [-0.3, -0.25) is 0 Å². The van der Waals surface area contributed by atoms with Gasteiger partial charge in [0.25, 0.3) is 0 Å². The van der Waals surface area contributed by atoms with Crippen molar-refractivity contribution in [1.29, 1.82) is 0 Å². The minimum Gasteiger partial charge on any atom is -0.326 e. The van der Waals surface area contributed by atoms with E-state index < -0.39 is 0 Å². The molecule has 0 bridgehead atoms. The first-order chi connectivity index (χ1) is 9.36. The molecule has 0 N–H and O–H groups in total. The molecule has 0 saturated carbocycles. The Balaban J connectivity index is 1.86. The molecule has 94 valence electrons. The van der Waals surface area contributed by atoms with Gasteiger partial charge in [-0.1, -0.05) is 36.4 Å². The molecule has 1 heterocycles. The van der Waals surface area contributed by atoms with Crippen LogP contribution in [0.15, 0.2) is 54.9 Å². The van der Waals surface area contributed by atoms with Gasteiger partial charge in [0, 0.05) is 13.0 Å². The zero-order valence-corrected chi connectivity index (χ0v) is 10.5. The number of aldehydes is 1. The van der Waals surface area contributed by atoms with Crippen LogP contribution in [0.2, 0.25) is 0 Å². The van der Waals surface area contributed by atoms with Gasteiger partial charge in [0.15, 0.2) is 0 Å². The van der Waals surface area contributed by atoms with Crippen molar-refractivity contribution in [2.24, 2.45) is 0 Å². The summed E-state index contributed by atoms with van der Waals surface area (Å²) < 4.78 is 2.13. The zero-order valence-electron chi connectivity index (χ0n) is 10.5. The molecule has 1 aromatic heterocycles. The maximum atomic E-state index is 10.4. The van der Waals surface area contributed by atoms with E-state index in [0.29, 0.717) is 6.42 Å². The summed E-state index contributed by atoms with van der Waals surface area (Å²) in [5.74, 6) is 0. The third kappa shape index (κ3) is 2.40. The first kappa shape index (κ1) is 11.7. The number of carbonyl (C=O) groups excluding carboxylic acids is 1. The summed E-state index contributed by atoms with van der Waals surface area (Å²) in [4.78, 5) is 14.8. The number of aromatic nitrogens is 2. The fourth-order valence-corrected chi connectivity index (χ4v) is 2.21. The fourth-order valence-electron chi connectivity index (χ4n) is 2.21. The fraction of sp³-hybridized carbons (Fsp3) is 0.125. The summed E-state index contributed by atoms with van der Waals surface area (Å²) >= 11 is 0. The Morgan fingerprint density at radius 2 is 1.74 bits per heavy atom. The molecule has 0 amide bonds. The molecule has 3 aromatic rings. The van der Waals surface area contributed by atoms with Gasteiger partial charge in [0.05, 0.1) is 17.4 Å². The van der Waals surface area contributed by atoms with Crippen molar-refractivity contribution in [3.8, 4) is 0 Å². The number of rotatable bonds is 4. The SMILES string of the molecule is O=CCc1ccc(Cn2cnc3ccccc32)cc1. The summed E-state index contributed by atoms with van der Waals surface area (Å²) in [7, 11) is 0. The summed E-state index contributed by atoms with van der Waals surface area (Å²) in [5.41, 5.74) is 4.41. The number of para-hydroxylation sites is 2. The largest absolute Gasteiger partial charge is 0.326 e. The number of benzene rings is 2. The van der Waals surface area contributed by atoms with Crippen molar-refractivity contribution >= 4 is 17.3 Å². The molecule has 0 aliphatic heterocycles. The van der Waals surface area contributed by atoms with Crippen LogP contribution in [0.1, 0.15) is 11.1 Å². The Bertz CT molecular complexity index is 698. The second-order valence-electron chi connectivity index (χ2n) is 4.55. The minimum atomic E-state index is 0.480. The van der Waals surface area contributed by atoms with Crippen molar-refractivity contribution in [3.63, 3.8) is 0 Å². The van der Waals surface area contributed by atoms with Crippen molar-refractivity contribution < 1.29 is 4.79 Å². The molecule has 0 radical (unpaired) electrons. The molecular weight excluding hydrogens is 236 g/mol. The van der Waals surface area contributed by atoms with Crippen molar-refractivity contribution in [2.45, 2.75) is 13.0 Å². The van der Waals surface area contributed by atoms with Crippen LogP contribution in [-0.2, 0) is 17.8 Å². The van der Waals surface area contributed by atoms with Crippen LogP contribution in [0, 0.1) is 0 Å². The molecule has 0 spiro atoms. The summed E-state index contributed by atoms with van der Waals surface area (Å²) in [6.45, 7) is 0.794. The average Bonchev–Trinajstić information content (AvgIpc) is 2.85. The van der Waals surface area contributed by atoms with Crippen LogP contribution in [-0.4, -0.2) is 15.8 Å². The summed E-state index contributed by atoms with van der Waals surface area (Å²) in [6, 6.07) is 16.2. The monoisotopic (exact) mass is 250 g/mol. The topological polar surface area (TPSA) is 34.9 Å². The second-order valence-corrected chi connectivity index (χ2v) is 4.55. The molecule has 2 aromatic carbocycles. The Hall–Kier alpha value is -2.42. The van der Waals surface area contributed by atoms with E-state index >= 15 is 0 Å². The van der Waals surface area contributed by atoms with E-state index in [9.17, 15) is 4.79 Å². The standard InChI is InChI=1S/C16H14N2O/c19-10-9-13-5-7-14(8-6-13)11-18-12-17-15-3-1-2-4-16(15)18/h1-8,10,12H,9,11H2. The van der Waals surface area contributed by atoms with E-state index in [-0.39, 0.29) is 0 Å². The van der Waals surface area contributed by atoms with Crippen molar-refractivity contribution in [3.05, 3.63) is 66.0 Å². The predicted octanol–water partition coefficient (Wildman–Crippen LogP) is 2.83. The number of imidazole rings is 1. The normalized spacial score (nSPS) is 10.7. The minimum absolute atomic E-state index is 0.480. The molecule has 0 saturated heterocycles. The Labute approximate surface area is 111 Å². The lowest BCUT2D eigenvalue weighted by Gasteiger charge is -2.05. The number of carbonyl (C=O) groups is 1. The number of nitrogens with zero attached hydrogens (tertiary/aromatic N) is 2. The van der Waals surface area contributed by atoms with Gasteiger partial charge in [-0.25, -0.2) is 4.98 Å². The highest BCUT2D eigenvalue weighted by Crippen LogP contribution is 2.14. The Morgan fingerprint density at radius 3 is 2.53 bits per heavy atom. The highest BCUT2D eigenvalue weighted by atomic mass is 16.1. The van der Waals surface area contributed by atoms with Gasteiger partial charge < -0.3 is 9.36 Å². The molecule has 0 unspecified atom stereocenters. The van der Waals surface area contributed by atoms with Crippen LogP contribution in [0.4, 0.5) is 0 Å². The van der Waals surface area contributed by atoms with Crippen LogP contribution in [0.25, 0.3) is 11.0 Å². The molecule has 19 heavy (non-hydrogen) atoms. The third-order valence-corrected chi connectivity index (χ3v) is 3.22. The predicted molar refractivity (Wildman–Crippen MR) is 75.0 cm³/mol. The number of fused-ring (bicyclic) bond motifs is 1. The quantitative estimate of drug-likeness (QED) is 0.667. The van der Waals surface area contributed by atoms with E-state index in [4.69, 9.17) is 0 Å². The smallest absolute Gasteiger partial charge is 0.124 e. The molecule has 3 heteroatoms. The van der Waals surface area contributed by atoms with Crippen molar-refractivity contribution in [2.75, 3.05) is 0 Å². The van der Waals surface area contributed by atoms with Gasteiger partial charge in [-0.05, 0) is 23.3 Å². The van der Waals surface area contributed by atoms with Gasteiger partial charge in [0.2, 0.25) is 0 Å². The first-order valence-corrected chi connectivity index (χ1v) is 6.28. The lowest BCUT2D eigenvalue weighted by molar-refractivity contribution is -0.107.